The number of carbonyl (C=O) groups is 1. The molecule has 0 aliphatic heterocycles. The average Bonchev–Trinajstić information content (AvgIpc) is 3.07. The lowest BCUT2D eigenvalue weighted by Gasteiger charge is -2.26. The van der Waals surface area contributed by atoms with Crippen molar-refractivity contribution in [1.82, 2.24) is 0 Å². The van der Waals surface area contributed by atoms with Crippen LogP contribution in [0.15, 0.2) is 18.2 Å². The summed E-state index contributed by atoms with van der Waals surface area (Å²) in [5.41, 5.74) is 4.09. The van der Waals surface area contributed by atoms with Gasteiger partial charge in [0.05, 0.1) is 5.41 Å². The van der Waals surface area contributed by atoms with Gasteiger partial charge >= 0.3 is 5.97 Å². The minimum Gasteiger partial charge on any atom is -0.373 e. The zero-order valence-corrected chi connectivity index (χ0v) is 16.6. The molecule has 3 nitrogen and oxygen atoms in total. The van der Waals surface area contributed by atoms with Gasteiger partial charge < -0.3 is 4.84 Å². The first-order chi connectivity index (χ1) is 12.6. The molecule has 2 N–H and O–H groups in total. The van der Waals surface area contributed by atoms with E-state index >= 15 is 0 Å². The van der Waals surface area contributed by atoms with Gasteiger partial charge in [-0.1, -0.05) is 57.2 Å². The minimum atomic E-state index is -0.418. The first-order valence-electron chi connectivity index (χ1n) is 10.6. The molecule has 2 aliphatic rings. The molecule has 0 bridgehead atoms. The highest BCUT2D eigenvalue weighted by Crippen LogP contribution is 2.47. The number of unbranched alkanes of at least 4 members (excludes halogenated alkanes) is 3. The molecule has 0 saturated heterocycles. The maximum Gasteiger partial charge on any atom is 0.330 e. The van der Waals surface area contributed by atoms with Crippen LogP contribution in [0.3, 0.4) is 0 Å². The molecule has 3 rings (SSSR count). The summed E-state index contributed by atoms with van der Waals surface area (Å²) in [5.74, 6) is 6.20. The molecule has 144 valence electrons. The van der Waals surface area contributed by atoms with Crippen molar-refractivity contribution < 1.29 is 9.63 Å². The van der Waals surface area contributed by atoms with Gasteiger partial charge in [-0.15, -0.1) is 0 Å². The molecule has 3 heteroatoms. The third-order valence-electron chi connectivity index (χ3n) is 6.84. The molecule has 0 aromatic heterocycles. The van der Waals surface area contributed by atoms with Crippen LogP contribution in [-0.2, 0) is 22.5 Å². The number of hydrogen-bond donors (Lipinski definition) is 1. The van der Waals surface area contributed by atoms with Crippen molar-refractivity contribution in [3.05, 3.63) is 34.9 Å². The van der Waals surface area contributed by atoms with Crippen LogP contribution in [0.25, 0.3) is 0 Å². The van der Waals surface area contributed by atoms with Crippen LogP contribution in [-0.4, -0.2) is 5.97 Å². The molecule has 26 heavy (non-hydrogen) atoms. The van der Waals surface area contributed by atoms with Crippen molar-refractivity contribution in [2.24, 2.45) is 17.2 Å². The third-order valence-corrected chi connectivity index (χ3v) is 6.84. The highest BCUT2D eigenvalue weighted by Gasteiger charge is 2.43. The van der Waals surface area contributed by atoms with Gasteiger partial charge in [-0.25, -0.2) is 4.79 Å². The molecule has 1 saturated carbocycles. The second-order valence-electron chi connectivity index (χ2n) is 8.89. The molecule has 1 fully saturated rings. The normalized spacial score (nSPS) is 28.0. The number of fused-ring (bicyclic) bond motifs is 1. The predicted octanol–water partition coefficient (Wildman–Crippen LogP) is 5.45. The predicted molar refractivity (Wildman–Crippen MR) is 106 cm³/mol. The largest absolute Gasteiger partial charge is 0.373 e. The van der Waals surface area contributed by atoms with Gasteiger partial charge in [0.25, 0.3) is 0 Å². The Morgan fingerprint density at radius 2 is 2.08 bits per heavy atom. The van der Waals surface area contributed by atoms with Crippen LogP contribution in [0.5, 0.6) is 0 Å². The number of aryl methyl sites for hydroxylation is 1. The summed E-state index contributed by atoms with van der Waals surface area (Å²) >= 11 is 0. The number of nitrogens with two attached hydrogens (primary N) is 1. The lowest BCUT2D eigenvalue weighted by Crippen LogP contribution is -2.29. The van der Waals surface area contributed by atoms with E-state index in [1.54, 1.807) is 11.1 Å². The summed E-state index contributed by atoms with van der Waals surface area (Å²) in [4.78, 5) is 16.5. The molecule has 0 radical (unpaired) electrons. The molecule has 3 atom stereocenters. The van der Waals surface area contributed by atoms with E-state index in [1.165, 1.54) is 56.9 Å². The quantitative estimate of drug-likeness (QED) is 0.521. The standard InChI is InChI=1S/C23H35NO2/c1-3-4-5-6-7-17-8-9-19-15-20(11-10-18(19)14-17)21-12-13-23(2,16-21)22(25)26-24/h10-11,15,17,21H,3-9,12-14,16,24H2,1-2H3/t17-,21?,23?/m1/s1. The van der Waals surface area contributed by atoms with Crippen LogP contribution in [0.4, 0.5) is 0 Å². The number of rotatable bonds is 7. The fraction of sp³-hybridized carbons (Fsp3) is 0.696. The van der Waals surface area contributed by atoms with Crippen molar-refractivity contribution in [2.45, 2.75) is 90.4 Å². The Morgan fingerprint density at radius 3 is 2.85 bits per heavy atom. The van der Waals surface area contributed by atoms with Crippen LogP contribution >= 0.6 is 0 Å². The summed E-state index contributed by atoms with van der Waals surface area (Å²) in [6.07, 6.45) is 13.4. The molecule has 2 aliphatic carbocycles. The maximum absolute atomic E-state index is 12.0. The summed E-state index contributed by atoms with van der Waals surface area (Å²) in [7, 11) is 0. The molecule has 0 heterocycles. The van der Waals surface area contributed by atoms with Crippen molar-refractivity contribution in [3.8, 4) is 0 Å². The van der Waals surface area contributed by atoms with Crippen molar-refractivity contribution in [2.75, 3.05) is 0 Å². The summed E-state index contributed by atoms with van der Waals surface area (Å²) in [6.45, 7) is 4.27. The molecule has 1 aromatic rings. The van der Waals surface area contributed by atoms with Gasteiger partial charge in [0.15, 0.2) is 0 Å². The van der Waals surface area contributed by atoms with E-state index in [1.807, 2.05) is 6.92 Å². The highest BCUT2D eigenvalue weighted by atomic mass is 16.7. The average molecular weight is 358 g/mol. The Morgan fingerprint density at radius 1 is 1.23 bits per heavy atom. The fourth-order valence-electron chi connectivity index (χ4n) is 5.06. The van der Waals surface area contributed by atoms with E-state index in [4.69, 9.17) is 5.90 Å². The highest BCUT2D eigenvalue weighted by molar-refractivity contribution is 5.76. The lowest BCUT2D eigenvalue weighted by molar-refractivity contribution is -0.155. The SMILES string of the molecule is CCCCCC[C@@H]1CCc2cc(C3CCC(C)(C(=O)ON)C3)ccc2C1. The van der Waals surface area contributed by atoms with Crippen molar-refractivity contribution >= 4 is 5.97 Å². The third kappa shape index (κ3) is 4.31. The molecule has 2 unspecified atom stereocenters. The Kier molecular flexibility index (Phi) is 6.39. The zero-order chi connectivity index (χ0) is 18.6. The van der Waals surface area contributed by atoms with Gasteiger partial charge in [-0.3, -0.25) is 0 Å². The summed E-state index contributed by atoms with van der Waals surface area (Å²) < 4.78 is 0. The van der Waals surface area contributed by atoms with E-state index in [9.17, 15) is 4.79 Å². The molecule has 0 spiro atoms. The van der Waals surface area contributed by atoms with Crippen molar-refractivity contribution in [1.29, 1.82) is 0 Å². The van der Waals surface area contributed by atoms with E-state index in [0.717, 1.165) is 25.2 Å². The van der Waals surface area contributed by atoms with Gasteiger partial charge in [-0.05, 0) is 74.0 Å². The number of benzene rings is 1. The van der Waals surface area contributed by atoms with Crippen LogP contribution < -0.4 is 5.90 Å². The van der Waals surface area contributed by atoms with Gasteiger partial charge in [0.2, 0.25) is 0 Å². The van der Waals surface area contributed by atoms with Gasteiger partial charge in [0, 0.05) is 0 Å². The van der Waals surface area contributed by atoms with E-state index in [2.05, 4.69) is 30.0 Å². The van der Waals surface area contributed by atoms with Crippen molar-refractivity contribution in [3.63, 3.8) is 0 Å². The van der Waals surface area contributed by atoms with E-state index < -0.39 is 5.41 Å². The molecular formula is C23H35NO2. The lowest BCUT2D eigenvalue weighted by atomic mass is 9.79. The second kappa shape index (κ2) is 8.56. The monoisotopic (exact) mass is 357 g/mol. The smallest absolute Gasteiger partial charge is 0.330 e. The van der Waals surface area contributed by atoms with Gasteiger partial charge in [-0.2, -0.15) is 5.90 Å². The van der Waals surface area contributed by atoms with Crippen LogP contribution in [0.2, 0.25) is 0 Å². The van der Waals surface area contributed by atoms with Gasteiger partial charge in [0.1, 0.15) is 0 Å². The number of carbonyl (C=O) groups excluding carboxylic acids is 1. The Balaban J connectivity index is 1.60. The molecular weight excluding hydrogens is 322 g/mol. The Hall–Kier alpha value is -1.35. The maximum atomic E-state index is 12.0. The zero-order valence-electron chi connectivity index (χ0n) is 16.6. The topological polar surface area (TPSA) is 52.3 Å². The Labute approximate surface area is 158 Å². The first-order valence-corrected chi connectivity index (χ1v) is 10.6. The van der Waals surface area contributed by atoms with Crippen LogP contribution in [0.1, 0.15) is 94.2 Å². The first kappa shape index (κ1) is 19.4. The second-order valence-corrected chi connectivity index (χ2v) is 8.89. The summed E-state index contributed by atoms with van der Waals surface area (Å²) in [6, 6.07) is 7.09. The molecule has 1 aromatic carbocycles. The fourth-order valence-corrected chi connectivity index (χ4v) is 5.06. The summed E-state index contributed by atoms with van der Waals surface area (Å²) in [5, 5.41) is 0. The van der Waals surface area contributed by atoms with Crippen LogP contribution in [0, 0.1) is 11.3 Å². The minimum absolute atomic E-state index is 0.260. The Bertz CT molecular complexity index is 627. The number of hydrogen-bond acceptors (Lipinski definition) is 3. The van der Waals surface area contributed by atoms with E-state index in [0.29, 0.717) is 5.92 Å². The van der Waals surface area contributed by atoms with E-state index in [-0.39, 0.29) is 5.97 Å². The molecule has 0 amide bonds.